The van der Waals surface area contributed by atoms with Crippen LogP contribution in [-0.2, 0) is 5.60 Å². The van der Waals surface area contributed by atoms with Crippen molar-refractivity contribution < 1.29 is 19.5 Å². The van der Waals surface area contributed by atoms with Gasteiger partial charge in [0.05, 0.1) is 0 Å². The number of likely N-dealkylation sites (tertiary alicyclic amines) is 1. The van der Waals surface area contributed by atoms with Crippen LogP contribution in [0.2, 0.25) is 0 Å². The Morgan fingerprint density at radius 3 is 2.42 bits per heavy atom. The Bertz CT molecular complexity index is 1100. The zero-order valence-electron chi connectivity index (χ0n) is 18.0. The molecule has 4 rings (SSSR count). The number of rotatable bonds is 5. The summed E-state index contributed by atoms with van der Waals surface area (Å²) in [5, 5.41) is 25.5. The molecule has 0 bridgehead atoms. The van der Waals surface area contributed by atoms with Crippen LogP contribution in [0.4, 0.5) is 4.79 Å². The first-order valence-corrected chi connectivity index (χ1v) is 10.2. The van der Waals surface area contributed by atoms with E-state index in [0.29, 0.717) is 34.3 Å². The molecule has 0 radical (unpaired) electrons. The van der Waals surface area contributed by atoms with Crippen LogP contribution in [0, 0.1) is 12.3 Å². The number of aromatic nitrogens is 3. The number of amides is 1. The van der Waals surface area contributed by atoms with Gasteiger partial charge in [-0.15, -0.1) is 0 Å². The largest absolute Gasteiger partial charge is 0.465 e. The standard InChI is InChI=1S/C23H26N4O4/c1-14(2)16-5-7-18(8-6-16)23(30,22(4)12-27(13-22)21(28)29)19-9-17(10-24-11-19)20-25-15(3)31-26-20/h5-11,14,30H,12-13H2,1-4H3,(H,28,29)/t23-/m0/s1. The molecule has 0 saturated carbocycles. The molecule has 31 heavy (non-hydrogen) atoms. The molecule has 1 aliphatic heterocycles. The van der Waals surface area contributed by atoms with Gasteiger partial charge in [-0.2, -0.15) is 4.98 Å². The summed E-state index contributed by atoms with van der Waals surface area (Å²) in [6, 6.07) is 9.62. The third-order valence-corrected chi connectivity index (χ3v) is 6.16. The van der Waals surface area contributed by atoms with Crippen LogP contribution in [0.25, 0.3) is 11.4 Å². The van der Waals surface area contributed by atoms with E-state index in [0.717, 1.165) is 5.56 Å². The summed E-state index contributed by atoms with van der Waals surface area (Å²) in [4.78, 5) is 21.3. The summed E-state index contributed by atoms with van der Waals surface area (Å²) >= 11 is 0. The van der Waals surface area contributed by atoms with Crippen molar-refractivity contribution in [3.63, 3.8) is 0 Å². The third kappa shape index (κ3) is 3.46. The molecule has 0 unspecified atom stereocenters. The summed E-state index contributed by atoms with van der Waals surface area (Å²) in [7, 11) is 0. The van der Waals surface area contributed by atoms with Gasteiger partial charge in [-0.05, 0) is 23.1 Å². The number of hydrogen-bond acceptors (Lipinski definition) is 6. The van der Waals surface area contributed by atoms with Crippen molar-refractivity contribution in [2.24, 2.45) is 5.41 Å². The van der Waals surface area contributed by atoms with Gasteiger partial charge < -0.3 is 19.6 Å². The van der Waals surface area contributed by atoms with Crippen LogP contribution in [0.3, 0.4) is 0 Å². The lowest BCUT2D eigenvalue weighted by atomic mass is 9.62. The Hall–Kier alpha value is -3.26. The van der Waals surface area contributed by atoms with Crippen molar-refractivity contribution in [2.75, 3.05) is 13.1 Å². The lowest BCUT2D eigenvalue weighted by Gasteiger charge is -2.55. The summed E-state index contributed by atoms with van der Waals surface area (Å²) in [5.41, 5.74) is 0.815. The zero-order valence-corrected chi connectivity index (χ0v) is 18.0. The second kappa shape index (κ2) is 7.46. The van der Waals surface area contributed by atoms with Gasteiger partial charge in [-0.1, -0.05) is 50.2 Å². The van der Waals surface area contributed by atoms with E-state index < -0.39 is 17.1 Å². The predicted molar refractivity (Wildman–Crippen MR) is 114 cm³/mol. The number of carboxylic acid groups (broad SMARTS) is 1. The molecule has 1 fully saturated rings. The summed E-state index contributed by atoms with van der Waals surface area (Å²) in [5.74, 6) is 1.17. The van der Waals surface area contributed by atoms with Gasteiger partial charge in [0.15, 0.2) is 0 Å². The molecule has 1 aromatic carbocycles. The SMILES string of the molecule is Cc1nc(-c2cncc([C@@](O)(c3ccc(C(C)C)cc3)C3(C)CN(C(=O)O)C3)c2)no1. The molecular formula is C23H26N4O4. The second-order valence-corrected chi connectivity index (χ2v) is 8.79. The highest BCUT2D eigenvalue weighted by atomic mass is 16.5. The molecule has 0 spiro atoms. The van der Waals surface area contributed by atoms with Gasteiger partial charge in [0.25, 0.3) is 0 Å². The van der Waals surface area contributed by atoms with Crippen LogP contribution in [0.15, 0.2) is 47.2 Å². The van der Waals surface area contributed by atoms with Crippen molar-refractivity contribution in [1.29, 1.82) is 0 Å². The Balaban J connectivity index is 1.82. The van der Waals surface area contributed by atoms with Crippen LogP contribution in [-0.4, -0.2) is 49.4 Å². The number of hydrogen-bond donors (Lipinski definition) is 2. The van der Waals surface area contributed by atoms with Gasteiger partial charge in [0.1, 0.15) is 5.60 Å². The first-order valence-electron chi connectivity index (χ1n) is 10.2. The fourth-order valence-corrected chi connectivity index (χ4v) is 4.31. The number of pyridine rings is 1. The summed E-state index contributed by atoms with van der Waals surface area (Å²) < 4.78 is 5.08. The van der Waals surface area contributed by atoms with E-state index >= 15 is 0 Å². The molecule has 3 heterocycles. The number of carbonyl (C=O) groups is 1. The molecule has 0 aliphatic carbocycles. The molecule has 2 aromatic heterocycles. The Labute approximate surface area is 180 Å². The number of aliphatic hydroxyl groups is 1. The molecule has 1 amide bonds. The topological polar surface area (TPSA) is 113 Å². The molecule has 162 valence electrons. The molecule has 1 saturated heterocycles. The molecule has 3 aromatic rings. The highest BCUT2D eigenvalue weighted by molar-refractivity contribution is 5.67. The Morgan fingerprint density at radius 2 is 1.87 bits per heavy atom. The van der Waals surface area contributed by atoms with Gasteiger partial charge >= 0.3 is 6.09 Å². The normalized spacial score (nSPS) is 17.3. The van der Waals surface area contributed by atoms with E-state index in [1.165, 1.54) is 4.90 Å². The average Bonchev–Trinajstić information content (AvgIpc) is 3.17. The summed E-state index contributed by atoms with van der Waals surface area (Å²) in [6.07, 6.45) is 2.23. The molecule has 8 nitrogen and oxygen atoms in total. The highest BCUT2D eigenvalue weighted by Crippen LogP contribution is 2.50. The first kappa shape index (κ1) is 21.0. The van der Waals surface area contributed by atoms with E-state index in [2.05, 4.69) is 29.0 Å². The van der Waals surface area contributed by atoms with E-state index in [1.807, 2.05) is 31.2 Å². The zero-order chi connectivity index (χ0) is 22.4. The summed E-state index contributed by atoms with van der Waals surface area (Å²) in [6.45, 7) is 8.23. The van der Waals surface area contributed by atoms with E-state index in [9.17, 15) is 15.0 Å². The van der Waals surface area contributed by atoms with Crippen LogP contribution in [0.1, 0.15) is 49.3 Å². The quantitative estimate of drug-likeness (QED) is 0.643. The molecule has 8 heteroatoms. The maximum absolute atomic E-state index is 12.2. The number of benzene rings is 1. The van der Waals surface area contributed by atoms with Gasteiger partial charge in [0, 0.05) is 48.9 Å². The monoisotopic (exact) mass is 422 g/mol. The minimum Gasteiger partial charge on any atom is -0.465 e. The Morgan fingerprint density at radius 1 is 1.19 bits per heavy atom. The lowest BCUT2D eigenvalue weighted by Crippen LogP contribution is -2.66. The maximum Gasteiger partial charge on any atom is 0.407 e. The average molecular weight is 422 g/mol. The second-order valence-electron chi connectivity index (χ2n) is 8.79. The van der Waals surface area contributed by atoms with Crippen LogP contribution >= 0.6 is 0 Å². The number of aryl methyl sites for hydroxylation is 1. The fourth-order valence-electron chi connectivity index (χ4n) is 4.31. The van der Waals surface area contributed by atoms with Gasteiger partial charge in [0.2, 0.25) is 11.7 Å². The molecule has 2 N–H and O–H groups in total. The van der Waals surface area contributed by atoms with Crippen LogP contribution in [0.5, 0.6) is 0 Å². The highest BCUT2D eigenvalue weighted by Gasteiger charge is 2.57. The van der Waals surface area contributed by atoms with E-state index in [4.69, 9.17) is 4.52 Å². The maximum atomic E-state index is 12.2. The minimum atomic E-state index is -1.46. The van der Waals surface area contributed by atoms with Crippen molar-refractivity contribution in [3.05, 3.63) is 65.3 Å². The first-order chi connectivity index (χ1) is 14.6. The van der Waals surface area contributed by atoms with E-state index in [1.54, 1.807) is 25.4 Å². The van der Waals surface area contributed by atoms with Gasteiger partial charge in [-0.3, -0.25) is 4.98 Å². The molecular weight excluding hydrogens is 396 g/mol. The van der Waals surface area contributed by atoms with Crippen LogP contribution < -0.4 is 0 Å². The molecule has 1 aliphatic rings. The number of nitrogens with zero attached hydrogens (tertiary/aromatic N) is 4. The van der Waals surface area contributed by atoms with Gasteiger partial charge in [-0.25, -0.2) is 4.79 Å². The smallest absolute Gasteiger partial charge is 0.407 e. The fraction of sp³-hybridized carbons (Fsp3) is 0.391. The van der Waals surface area contributed by atoms with Crippen molar-refractivity contribution >= 4 is 6.09 Å². The predicted octanol–water partition coefficient (Wildman–Crippen LogP) is 3.80. The molecule has 1 atom stereocenters. The third-order valence-electron chi connectivity index (χ3n) is 6.16. The van der Waals surface area contributed by atoms with E-state index in [-0.39, 0.29) is 13.1 Å². The Kier molecular flexibility index (Phi) is 5.05. The lowest BCUT2D eigenvalue weighted by molar-refractivity contribution is -0.124. The minimum absolute atomic E-state index is 0.205. The van der Waals surface area contributed by atoms with Crippen molar-refractivity contribution in [1.82, 2.24) is 20.0 Å². The van der Waals surface area contributed by atoms with Crippen molar-refractivity contribution in [3.8, 4) is 11.4 Å². The van der Waals surface area contributed by atoms with Crippen molar-refractivity contribution in [2.45, 2.75) is 39.2 Å².